The van der Waals surface area contributed by atoms with E-state index >= 15 is 0 Å². The zero-order chi connectivity index (χ0) is 11.1. The van der Waals surface area contributed by atoms with Crippen LogP contribution in [-0.4, -0.2) is 19.8 Å². The van der Waals surface area contributed by atoms with Crippen molar-refractivity contribution in [2.45, 2.75) is 39.0 Å². The summed E-state index contributed by atoms with van der Waals surface area (Å²) in [6.07, 6.45) is 6.30. The molecule has 0 heterocycles. The Morgan fingerprint density at radius 2 is 2.00 bits per heavy atom. The molecule has 0 aliphatic heterocycles. The van der Waals surface area contributed by atoms with Crippen LogP contribution in [0.1, 0.15) is 39.0 Å². The zero-order valence-corrected chi connectivity index (χ0v) is 10.0. The van der Waals surface area contributed by atoms with Gasteiger partial charge in [-0.1, -0.05) is 31.9 Å². The van der Waals surface area contributed by atoms with E-state index in [1.165, 1.54) is 31.3 Å². The van der Waals surface area contributed by atoms with Crippen LogP contribution in [0.2, 0.25) is 0 Å². The minimum Gasteiger partial charge on any atom is -0.377 e. The van der Waals surface area contributed by atoms with Crippen LogP contribution in [0, 0.1) is 11.8 Å². The summed E-state index contributed by atoms with van der Waals surface area (Å²) in [7, 11) is 0. The summed E-state index contributed by atoms with van der Waals surface area (Å²) in [6.45, 7) is 8.49. The summed E-state index contributed by atoms with van der Waals surface area (Å²) in [5.41, 5.74) is 6.97. The second-order valence-corrected chi connectivity index (χ2v) is 4.66. The van der Waals surface area contributed by atoms with Crippen molar-refractivity contribution in [3.05, 3.63) is 12.2 Å². The number of nitrogens with two attached hydrogens (primary N) is 1. The lowest BCUT2D eigenvalue weighted by Crippen LogP contribution is -2.30. The van der Waals surface area contributed by atoms with Crippen molar-refractivity contribution in [3.8, 4) is 0 Å². The van der Waals surface area contributed by atoms with E-state index in [0.29, 0.717) is 11.8 Å². The van der Waals surface area contributed by atoms with Crippen molar-refractivity contribution in [1.82, 2.24) is 0 Å². The van der Waals surface area contributed by atoms with Gasteiger partial charge < -0.3 is 10.5 Å². The van der Waals surface area contributed by atoms with Gasteiger partial charge in [0.25, 0.3) is 0 Å². The van der Waals surface area contributed by atoms with Crippen LogP contribution in [0.4, 0.5) is 0 Å². The highest BCUT2D eigenvalue weighted by Crippen LogP contribution is 2.29. The molecule has 0 bridgehead atoms. The van der Waals surface area contributed by atoms with Gasteiger partial charge in [0.1, 0.15) is 0 Å². The van der Waals surface area contributed by atoms with Crippen molar-refractivity contribution in [2.75, 3.05) is 19.8 Å². The molecule has 2 atom stereocenters. The van der Waals surface area contributed by atoms with Crippen LogP contribution in [0.5, 0.6) is 0 Å². The highest BCUT2D eigenvalue weighted by Gasteiger charge is 2.23. The van der Waals surface area contributed by atoms with Gasteiger partial charge >= 0.3 is 0 Å². The molecule has 0 radical (unpaired) electrons. The van der Waals surface area contributed by atoms with Crippen molar-refractivity contribution >= 4 is 0 Å². The Balaban J connectivity index is 2.20. The Morgan fingerprint density at radius 3 is 2.60 bits per heavy atom. The van der Waals surface area contributed by atoms with Crippen LogP contribution < -0.4 is 5.73 Å². The first-order valence-corrected chi connectivity index (χ1v) is 6.22. The smallest absolute Gasteiger partial charge is 0.0674 e. The molecule has 2 heteroatoms. The van der Waals surface area contributed by atoms with Crippen molar-refractivity contribution in [1.29, 1.82) is 0 Å². The Bertz CT molecular complexity index is 191. The first-order valence-electron chi connectivity index (χ1n) is 6.22. The third kappa shape index (κ3) is 4.35. The fraction of sp³-hybridized carbons (Fsp3) is 0.846. The Morgan fingerprint density at radius 1 is 1.33 bits per heavy atom. The minimum atomic E-state index is 0.688. The molecule has 1 saturated carbocycles. The van der Waals surface area contributed by atoms with Crippen LogP contribution in [0.15, 0.2) is 12.2 Å². The summed E-state index contributed by atoms with van der Waals surface area (Å²) in [6, 6.07) is 0. The molecule has 0 amide bonds. The molecule has 0 aromatic heterocycles. The van der Waals surface area contributed by atoms with Crippen LogP contribution in [0.3, 0.4) is 0 Å². The molecule has 1 aliphatic carbocycles. The predicted octanol–water partition coefficient (Wildman–Crippen LogP) is 2.73. The minimum absolute atomic E-state index is 0.688. The van der Waals surface area contributed by atoms with Gasteiger partial charge in [0.05, 0.1) is 13.2 Å². The van der Waals surface area contributed by atoms with Gasteiger partial charge in [-0.2, -0.15) is 0 Å². The average molecular weight is 211 g/mol. The Kier molecular flexibility index (Phi) is 5.96. The van der Waals surface area contributed by atoms with Crippen molar-refractivity contribution in [2.24, 2.45) is 17.6 Å². The maximum absolute atomic E-state index is 5.78. The monoisotopic (exact) mass is 211 g/mol. The molecule has 0 aromatic rings. The van der Waals surface area contributed by atoms with Crippen LogP contribution in [-0.2, 0) is 4.74 Å². The summed E-state index contributed by atoms with van der Waals surface area (Å²) in [5, 5.41) is 0. The normalized spacial score (nSPS) is 26.5. The quantitative estimate of drug-likeness (QED) is 0.686. The second kappa shape index (κ2) is 7.02. The van der Waals surface area contributed by atoms with Crippen LogP contribution >= 0.6 is 0 Å². The van der Waals surface area contributed by atoms with Crippen molar-refractivity contribution < 1.29 is 4.74 Å². The van der Waals surface area contributed by atoms with E-state index in [2.05, 4.69) is 13.5 Å². The molecule has 2 N–H and O–H groups in total. The molecule has 15 heavy (non-hydrogen) atoms. The topological polar surface area (TPSA) is 35.2 Å². The van der Waals surface area contributed by atoms with E-state index in [4.69, 9.17) is 10.5 Å². The summed E-state index contributed by atoms with van der Waals surface area (Å²) < 4.78 is 5.70. The molecule has 1 rings (SSSR count). The van der Waals surface area contributed by atoms with Gasteiger partial charge in [0.2, 0.25) is 0 Å². The molecule has 88 valence electrons. The molecule has 1 fully saturated rings. The summed E-state index contributed by atoms with van der Waals surface area (Å²) in [5.74, 6) is 1.38. The van der Waals surface area contributed by atoms with Gasteiger partial charge in [0.15, 0.2) is 0 Å². The fourth-order valence-electron chi connectivity index (χ4n) is 2.27. The first-order chi connectivity index (χ1) is 7.27. The van der Waals surface area contributed by atoms with E-state index in [0.717, 1.165) is 26.2 Å². The number of ether oxygens (including phenoxy) is 1. The first kappa shape index (κ1) is 12.7. The lowest BCUT2D eigenvalue weighted by molar-refractivity contribution is 0.0730. The van der Waals surface area contributed by atoms with Gasteiger partial charge in [0, 0.05) is 0 Å². The largest absolute Gasteiger partial charge is 0.377 e. The maximum Gasteiger partial charge on any atom is 0.0674 e. The molecule has 0 saturated heterocycles. The van der Waals surface area contributed by atoms with Crippen LogP contribution in [0.25, 0.3) is 0 Å². The third-order valence-corrected chi connectivity index (χ3v) is 3.51. The van der Waals surface area contributed by atoms with Gasteiger partial charge in [-0.3, -0.25) is 0 Å². The fourth-order valence-corrected chi connectivity index (χ4v) is 2.27. The van der Waals surface area contributed by atoms with Gasteiger partial charge in [-0.15, -0.1) is 0 Å². The maximum atomic E-state index is 5.78. The van der Waals surface area contributed by atoms with E-state index < -0.39 is 0 Å². The molecule has 2 unspecified atom stereocenters. The molecular formula is C13H25NO. The van der Waals surface area contributed by atoms with E-state index in [-0.39, 0.29) is 0 Å². The zero-order valence-electron chi connectivity index (χ0n) is 10.0. The Hall–Kier alpha value is -0.340. The van der Waals surface area contributed by atoms with Crippen molar-refractivity contribution in [3.63, 3.8) is 0 Å². The van der Waals surface area contributed by atoms with E-state index in [1.54, 1.807) is 0 Å². The van der Waals surface area contributed by atoms with E-state index in [1.807, 2.05) is 0 Å². The predicted molar refractivity (Wildman–Crippen MR) is 64.8 cm³/mol. The number of rotatable bonds is 6. The van der Waals surface area contributed by atoms with Gasteiger partial charge in [-0.25, -0.2) is 0 Å². The molecule has 0 aromatic carbocycles. The SMILES string of the molecule is C=C(CC)COCC1CCCCC1CN. The second-order valence-electron chi connectivity index (χ2n) is 4.66. The molecule has 1 aliphatic rings. The highest BCUT2D eigenvalue weighted by molar-refractivity contribution is 4.92. The summed E-state index contributed by atoms with van der Waals surface area (Å²) in [4.78, 5) is 0. The lowest BCUT2D eigenvalue weighted by atomic mass is 9.80. The highest BCUT2D eigenvalue weighted by atomic mass is 16.5. The molecular weight excluding hydrogens is 186 g/mol. The summed E-state index contributed by atoms with van der Waals surface area (Å²) >= 11 is 0. The molecule has 0 spiro atoms. The number of hydrogen-bond acceptors (Lipinski definition) is 2. The van der Waals surface area contributed by atoms with Gasteiger partial charge in [-0.05, 0) is 37.6 Å². The standard InChI is InChI=1S/C13H25NO/c1-3-11(2)9-15-10-13-7-5-4-6-12(13)8-14/h12-13H,2-10,14H2,1H3. The third-order valence-electron chi connectivity index (χ3n) is 3.51. The average Bonchev–Trinajstić information content (AvgIpc) is 2.29. The van der Waals surface area contributed by atoms with E-state index in [9.17, 15) is 0 Å². The number of hydrogen-bond donors (Lipinski definition) is 1. The lowest BCUT2D eigenvalue weighted by Gasteiger charge is -2.30. The Labute approximate surface area is 93.9 Å². The molecule has 2 nitrogen and oxygen atoms in total.